The van der Waals surface area contributed by atoms with E-state index in [1.807, 2.05) is 0 Å². The Morgan fingerprint density at radius 2 is 1.79 bits per heavy atom. The lowest BCUT2D eigenvalue weighted by Crippen LogP contribution is -2.48. The Labute approximate surface area is 169 Å². The van der Waals surface area contributed by atoms with Crippen LogP contribution in [0.4, 0.5) is 0 Å². The van der Waals surface area contributed by atoms with Crippen LogP contribution in [0.5, 0.6) is 0 Å². The SMILES string of the molecule is CN(CCc1ccccc1)C1CCCN(CC2CNNC2c2ccccc2)C1. The van der Waals surface area contributed by atoms with Crippen molar-refractivity contribution in [3.05, 3.63) is 71.8 Å². The van der Waals surface area contributed by atoms with Crippen molar-refractivity contribution in [3.63, 3.8) is 0 Å². The topological polar surface area (TPSA) is 30.5 Å². The lowest BCUT2D eigenvalue weighted by Gasteiger charge is -2.39. The van der Waals surface area contributed by atoms with Crippen LogP contribution in [0.25, 0.3) is 0 Å². The molecule has 2 saturated heterocycles. The van der Waals surface area contributed by atoms with E-state index in [0.29, 0.717) is 18.0 Å². The summed E-state index contributed by atoms with van der Waals surface area (Å²) in [7, 11) is 2.31. The summed E-state index contributed by atoms with van der Waals surface area (Å²) in [5.74, 6) is 0.621. The number of likely N-dealkylation sites (tertiary alicyclic amines) is 1. The van der Waals surface area contributed by atoms with Crippen molar-refractivity contribution in [1.82, 2.24) is 20.7 Å². The second-order valence-corrected chi connectivity index (χ2v) is 8.45. The minimum Gasteiger partial charge on any atom is -0.302 e. The van der Waals surface area contributed by atoms with Crippen molar-refractivity contribution >= 4 is 0 Å². The highest BCUT2D eigenvalue weighted by molar-refractivity contribution is 5.21. The molecule has 150 valence electrons. The summed E-state index contributed by atoms with van der Waals surface area (Å²) in [6.07, 6.45) is 3.77. The molecule has 0 radical (unpaired) electrons. The molecule has 4 rings (SSSR count). The van der Waals surface area contributed by atoms with Gasteiger partial charge in [-0.1, -0.05) is 60.7 Å². The monoisotopic (exact) mass is 378 g/mol. The number of hydrogen-bond donors (Lipinski definition) is 2. The number of likely N-dealkylation sites (N-methyl/N-ethyl adjacent to an activating group) is 1. The third-order valence-electron chi connectivity index (χ3n) is 6.44. The smallest absolute Gasteiger partial charge is 0.0515 e. The standard InChI is InChI=1S/C24H34N4/c1-27(16-14-20-9-4-2-5-10-20)23-13-8-15-28(19-23)18-22-17-25-26-24(22)21-11-6-3-7-12-21/h2-7,9-12,22-26H,8,13-19H2,1H3. The van der Waals surface area contributed by atoms with Crippen LogP contribution in [0.2, 0.25) is 0 Å². The number of benzene rings is 2. The molecule has 2 heterocycles. The van der Waals surface area contributed by atoms with Gasteiger partial charge < -0.3 is 9.80 Å². The first-order valence-electron chi connectivity index (χ1n) is 10.8. The van der Waals surface area contributed by atoms with Crippen molar-refractivity contribution in [2.24, 2.45) is 5.92 Å². The second kappa shape index (κ2) is 9.66. The molecule has 0 amide bonds. The lowest BCUT2D eigenvalue weighted by molar-refractivity contribution is 0.104. The van der Waals surface area contributed by atoms with Crippen LogP contribution >= 0.6 is 0 Å². The van der Waals surface area contributed by atoms with Crippen molar-refractivity contribution in [3.8, 4) is 0 Å². The Balaban J connectivity index is 1.29. The molecule has 28 heavy (non-hydrogen) atoms. The maximum atomic E-state index is 3.50. The first-order valence-corrected chi connectivity index (χ1v) is 10.8. The first-order chi connectivity index (χ1) is 13.8. The van der Waals surface area contributed by atoms with Gasteiger partial charge in [0.25, 0.3) is 0 Å². The second-order valence-electron chi connectivity index (χ2n) is 8.45. The summed E-state index contributed by atoms with van der Waals surface area (Å²) in [6.45, 7) is 5.79. The van der Waals surface area contributed by atoms with E-state index in [-0.39, 0.29) is 0 Å². The van der Waals surface area contributed by atoms with Gasteiger partial charge in [0.15, 0.2) is 0 Å². The molecule has 0 spiro atoms. The maximum absolute atomic E-state index is 3.50. The van der Waals surface area contributed by atoms with Gasteiger partial charge in [0.05, 0.1) is 6.04 Å². The van der Waals surface area contributed by atoms with Crippen LogP contribution in [0.1, 0.15) is 30.0 Å². The van der Waals surface area contributed by atoms with Crippen molar-refractivity contribution in [1.29, 1.82) is 0 Å². The highest BCUT2D eigenvalue weighted by Crippen LogP contribution is 2.27. The molecular formula is C24H34N4. The zero-order chi connectivity index (χ0) is 19.2. The number of hydrazine groups is 1. The van der Waals surface area contributed by atoms with Gasteiger partial charge >= 0.3 is 0 Å². The van der Waals surface area contributed by atoms with Crippen molar-refractivity contribution in [2.45, 2.75) is 31.3 Å². The van der Waals surface area contributed by atoms with Crippen molar-refractivity contribution < 1.29 is 0 Å². The summed E-state index contributed by atoms with van der Waals surface area (Å²) in [4.78, 5) is 5.28. The van der Waals surface area contributed by atoms with E-state index in [4.69, 9.17) is 0 Å². The van der Waals surface area contributed by atoms with Gasteiger partial charge in [-0.2, -0.15) is 0 Å². The maximum Gasteiger partial charge on any atom is 0.0515 e. The quantitative estimate of drug-likeness (QED) is 0.775. The molecule has 0 bridgehead atoms. The summed E-state index contributed by atoms with van der Waals surface area (Å²) in [6, 6.07) is 22.8. The Morgan fingerprint density at radius 3 is 2.57 bits per heavy atom. The highest BCUT2D eigenvalue weighted by Gasteiger charge is 2.31. The highest BCUT2D eigenvalue weighted by atomic mass is 15.4. The van der Waals surface area contributed by atoms with Gasteiger partial charge in [-0.05, 0) is 44.0 Å². The first kappa shape index (κ1) is 19.6. The molecule has 2 aromatic carbocycles. The van der Waals surface area contributed by atoms with Crippen LogP contribution in [-0.4, -0.2) is 55.6 Å². The Kier molecular flexibility index (Phi) is 6.76. The Hall–Kier alpha value is -1.72. The van der Waals surface area contributed by atoms with E-state index in [2.05, 4.69) is 88.4 Å². The molecule has 4 nitrogen and oxygen atoms in total. The van der Waals surface area contributed by atoms with Gasteiger partial charge in [-0.15, -0.1) is 0 Å². The lowest BCUT2D eigenvalue weighted by atomic mass is 9.93. The normalized spacial score (nSPS) is 26.0. The third-order valence-corrected chi connectivity index (χ3v) is 6.44. The summed E-state index contributed by atoms with van der Waals surface area (Å²) >= 11 is 0. The van der Waals surface area contributed by atoms with Crippen LogP contribution in [0.15, 0.2) is 60.7 Å². The molecule has 3 unspecified atom stereocenters. The van der Waals surface area contributed by atoms with Gasteiger partial charge in [0.2, 0.25) is 0 Å². The van der Waals surface area contributed by atoms with E-state index < -0.39 is 0 Å². The Bertz CT molecular complexity index is 705. The number of hydrogen-bond acceptors (Lipinski definition) is 4. The molecule has 0 aliphatic carbocycles. The number of piperidine rings is 1. The summed E-state index contributed by atoms with van der Waals surface area (Å²) < 4.78 is 0. The average molecular weight is 379 g/mol. The van der Waals surface area contributed by atoms with Crippen LogP contribution in [0.3, 0.4) is 0 Å². The molecule has 2 N–H and O–H groups in total. The fourth-order valence-corrected chi connectivity index (χ4v) is 4.74. The number of nitrogens with one attached hydrogen (secondary N) is 2. The molecule has 2 aliphatic heterocycles. The summed E-state index contributed by atoms with van der Waals surface area (Å²) in [5, 5.41) is 0. The van der Waals surface area contributed by atoms with E-state index >= 15 is 0 Å². The fourth-order valence-electron chi connectivity index (χ4n) is 4.74. The zero-order valence-corrected chi connectivity index (χ0v) is 17.1. The largest absolute Gasteiger partial charge is 0.302 e. The molecule has 2 aliphatic rings. The predicted octanol–water partition coefficient (Wildman–Crippen LogP) is 3.09. The summed E-state index contributed by atoms with van der Waals surface area (Å²) in [5.41, 5.74) is 9.73. The average Bonchev–Trinajstić information content (AvgIpc) is 3.21. The molecule has 2 fully saturated rings. The molecule has 3 atom stereocenters. The molecule has 0 saturated carbocycles. The van der Waals surface area contributed by atoms with E-state index in [1.54, 1.807) is 0 Å². The predicted molar refractivity (Wildman–Crippen MR) is 116 cm³/mol. The minimum atomic E-state index is 0.414. The van der Waals surface area contributed by atoms with Gasteiger partial charge in [-0.3, -0.25) is 5.43 Å². The minimum absolute atomic E-state index is 0.414. The molecule has 0 aromatic heterocycles. The zero-order valence-electron chi connectivity index (χ0n) is 17.1. The number of rotatable bonds is 7. The van der Waals surface area contributed by atoms with Gasteiger partial charge in [0, 0.05) is 38.1 Å². The van der Waals surface area contributed by atoms with Crippen LogP contribution < -0.4 is 10.9 Å². The van der Waals surface area contributed by atoms with Gasteiger partial charge in [0.1, 0.15) is 0 Å². The van der Waals surface area contributed by atoms with Crippen molar-refractivity contribution in [2.75, 3.05) is 39.8 Å². The molecule has 2 aromatic rings. The Morgan fingerprint density at radius 1 is 1.04 bits per heavy atom. The number of nitrogens with zero attached hydrogens (tertiary/aromatic N) is 2. The van der Waals surface area contributed by atoms with E-state index in [1.165, 1.54) is 43.6 Å². The van der Waals surface area contributed by atoms with E-state index in [0.717, 1.165) is 19.5 Å². The molecule has 4 heteroatoms. The van der Waals surface area contributed by atoms with E-state index in [9.17, 15) is 0 Å². The molecular weight excluding hydrogens is 344 g/mol. The van der Waals surface area contributed by atoms with Crippen LogP contribution in [0, 0.1) is 5.92 Å². The fraction of sp³-hybridized carbons (Fsp3) is 0.500. The van der Waals surface area contributed by atoms with Gasteiger partial charge in [-0.25, -0.2) is 5.43 Å². The third kappa shape index (κ3) is 5.00. The van der Waals surface area contributed by atoms with Crippen LogP contribution in [-0.2, 0) is 6.42 Å².